The van der Waals surface area contributed by atoms with Gasteiger partial charge in [-0.05, 0) is 29.2 Å². The minimum Gasteiger partial charge on any atom is -0.390 e. The van der Waals surface area contributed by atoms with Crippen LogP contribution in [0.3, 0.4) is 0 Å². The number of imidazole rings is 1. The molecule has 34 heavy (non-hydrogen) atoms. The largest absolute Gasteiger partial charge is 0.390 e. The lowest BCUT2D eigenvalue weighted by atomic mass is 10.00. The summed E-state index contributed by atoms with van der Waals surface area (Å²) in [5.41, 5.74) is 4.23. The van der Waals surface area contributed by atoms with Gasteiger partial charge >= 0.3 is 0 Å². The van der Waals surface area contributed by atoms with Crippen molar-refractivity contribution in [3.63, 3.8) is 0 Å². The Morgan fingerprint density at radius 2 is 2.00 bits per heavy atom. The second kappa shape index (κ2) is 9.20. The van der Waals surface area contributed by atoms with Gasteiger partial charge in [-0.3, -0.25) is 18.9 Å². The Morgan fingerprint density at radius 3 is 2.82 bits per heavy atom. The number of nitrogens with one attached hydrogen (secondary N) is 1. The van der Waals surface area contributed by atoms with E-state index in [0.29, 0.717) is 12.3 Å². The molecule has 1 amide bonds. The van der Waals surface area contributed by atoms with Crippen LogP contribution < -0.4 is 10.9 Å². The van der Waals surface area contributed by atoms with Gasteiger partial charge in [0.05, 0.1) is 6.10 Å². The number of β-amino-alcohol motifs (C(OH)–C–C–N with tert-alkyl or cyclic N) is 1. The van der Waals surface area contributed by atoms with Gasteiger partial charge < -0.3 is 15.0 Å². The molecule has 0 fully saturated rings. The maximum absolute atomic E-state index is 12.6. The van der Waals surface area contributed by atoms with Crippen LogP contribution in [0.2, 0.25) is 0 Å². The molecule has 0 spiro atoms. The number of aliphatic hydroxyl groups is 1. The van der Waals surface area contributed by atoms with E-state index in [1.54, 1.807) is 36.2 Å². The van der Waals surface area contributed by atoms with Gasteiger partial charge in [-0.25, -0.2) is 9.97 Å². The first-order valence-corrected chi connectivity index (χ1v) is 11.2. The standard InChI is InChI=1S/C25H26N6O3/c1-29-8-6-18(10-23(29)33)20-11-27-25-28-22(16-31(25)14-20)24(34)26-12-21(32)15-30-9-7-17-4-2-3-5-19(17)13-30/h2-6,8,10-11,14,16,21,32H,7,9,12-13,15H2,1H3,(H,26,34). The van der Waals surface area contributed by atoms with Gasteiger partial charge in [-0.2, -0.15) is 0 Å². The number of amides is 1. The third-order valence-corrected chi connectivity index (χ3v) is 6.16. The molecule has 1 aliphatic heterocycles. The van der Waals surface area contributed by atoms with Crippen molar-refractivity contribution < 1.29 is 9.90 Å². The molecular formula is C25H26N6O3. The Morgan fingerprint density at radius 1 is 1.18 bits per heavy atom. The number of fused-ring (bicyclic) bond motifs is 2. The summed E-state index contributed by atoms with van der Waals surface area (Å²) >= 11 is 0. The quantitative estimate of drug-likeness (QED) is 0.451. The Hall–Kier alpha value is -3.82. The summed E-state index contributed by atoms with van der Waals surface area (Å²) in [6, 6.07) is 11.7. The third kappa shape index (κ3) is 4.61. The topological polar surface area (TPSA) is 105 Å². The summed E-state index contributed by atoms with van der Waals surface area (Å²) in [4.78, 5) is 35.3. The Bertz CT molecular complexity index is 1410. The molecule has 4 heterocycles. The van der Waals surface area contributed by atoms with Crippen LogP contribution in [0.15, 0.2) is 66.0 Å². The first-order valence-electron chi connectivity index (χ1n) is 11.2. The van der Waals surface area contributed by atoms with E-state index in [1.807, 2.05) is 12.1 Å². The first kappa shape index (κ1) is 22.0. The third-order valence-electron chi connectivity index (χ3n) is 6.16. The highest BCUT2D eigenvalue weighted by Gasteiger charge is 2.19. The monoisotopic (exact) mass is 458 g/mol. The molecule has 2 N–H and O–H groups in total. The molecule has 0 saturated heterocycles. The van der Waals surface area contributed by atoms with E-state index in [0.717, 1.165) is 30.6 Å². The van der Waals surface area contributed by atoms with Gasteiger partial charge in [0.2, 0.25) is 5.78 Å². The fraction of sp³-hybridized carbons (Fsp3) is 0.280. The number of aromatic nitrogens is 4. The molecule has 5 rings (SSSR count). The molecule has 174 valence electrons. The minimum atomic E-state index is -0.684. The minimum absolute atomic E-state index is 0.115. The van der Waals surface area contributed by atoms with Gasteiger partial charge in [-0.1, -0.05) is 24.3 Å². The van der Waals surface area contributed by atoms with Crippen molar-refractivity contribution in [3.05, 3.63) is 88.4 Å². The van der Waals surface area contributed by atoms with E-state index in [9.17, 15) is 14.7 Å². The second-order valence-electron chi connectivity index (χ2n) is 8.66. The highest BCUT2D eigenvalue weighted by atomic mass is 16.3. The van der Waals surface area contributed by atoms with Crippen molar-refractivity contribution in [2.24, 2.45) is 7.05 Å². The van der Waals surface area contributed by atoms with Crippen molar-refractivity contribution in [2.75, 3.05) is 19.6 Å². The summed E-state index contributed by atoms with van der Waals surface area (Å²) in [6.45, 7) is 2.31. The van der Waals surface area contributed by atoms with Crippen LogP contribution in [-0.4, -0.2) is 60.6 Å². The van der Waals surface area contributed by atoms with Crippen molar-refractivity contribution >= 4 is 11.7 Å². The van der Waals surface area contributed by atoms with E-state index in [-0.39, 0.29) is 23.7 Å². The Kier molecular flexibility index (Phi) is 5.95. The highest BCUT2D eigenvalue weighted by Crippen LogP contribution is 2.19. The zero-order valence-electron chi connectivity index (χ0n) is 18.9. The SMILES string of the molecule is Cn1ccc(-c2cnc3nc(C(=O)NCC(O)CN4CCc5ccccc5C4)cn3c2)cc1=O. The van der Waals surface area contributed by atoms with Crippen LogP contribution in [0.5, 0.6) is 0 Å². The fourth-order valence-corrected chi connectivity index (χ4v) is 4.25. The van der Waals surface area contributed by atoms with Crippen molar-refractivity contribution in [1.82, 2.24) is 29.2 Å². The summed E-state index contributed by atoms with van der Waals surface area (Å²) in [5.74, 6) is 0.00827. The van der Waals surface area contributed by atoms with E-state index >= 15 is 0 Å². The molecule has 4 aromatic rings. The number of aliphatic hydroxyl groups excluding tert-OH is 1. The predicted octanol–water partition coefficient (Wildman–Crippen LogP) is 1.24. The predicted molar refractivity (Wildman–Crippen MR) is 127 cm³/mol. The first-order chi connectivity index (χ1) is 16.5. The second-order valence-corrected chi connectivity index (χ2v) is 8.66. The lowest BCUT2D eigenvalue weighted by Crippen LogP contribution is -2.42. The van der Waals surface area contributed by atoms with Crippen LogP contribution in [0.4, 0.5) is 0 Å². The summed E-state index contributed by atoms with van der Waals surface area (Å²) < 4.78 is 3.15. The number of carbonyl (C=O) groups excluding carboxylic acids is 1. The number of carbonyl (C=O) groups is 1. The van der Waals surface area contributed by atoms with Gasteiger partial charge in [0.25, 0.3) is 11.5 Å². The molecule has 0 bridgehead atoms. The molecule has 1 unspecified atom stereocenters. The molecular weight excluding hydrogens is 432 g/mol. The van der Waals surface area contributed by atoms with Crippen molar-refractivity contribution in [1.29, 1.82) is 0 Å². The van der Waals surface area contributed by atoms with Crippen molar-refractivity contribution in [2.45, 2.75) is 19.1 Å². The summed E-state index contributed by atoms with van der Waals surface area (Å²) in [7, 11) is 1.69. The number of nitrogens with zero attached hydrogens (tertiary/aromatic N) is 5. The Labute approximate surface area is 196 Å². The molecule has 3 aromatic heterocycles. The molecule has 0 saturated carbocycles. The number of hydrogen-bond donors (Lipinski definition) is 2. The van der Waals surface area contributed by atoms with Crippen LogP contribution in [-0.2, 0) is 20.0 Å². The van der Waals surface area contributed by atoms with Gasteiger partial charge in [0, 0.05) is 69.6 Å². The van der Waals surface area contributed by atoms with Crippen LogP contribution in [0.25, 0.3) is 16.9 Å². The normalized spacial score (nSPS) is 14.6. The van der Waals surface area contributed by atoms with Gasteiger partial charge in [-0.15, -0.1) is 0 Å². The molecule has 1 aliphatic rings. The number of pyridine rings is 1. The molecule has 9 heteroatoms. The molecule has 1 atom stereocenters. The van der Waals surface area contributed by atoms with Crippen LogP contribution >= 0.6 is 0 Å². The highest BCUT2D eigenvalue weighted by molar-refractivity contribution is 5.92. The molecule has 0 radical (unpaired) electrons. The van der Waals surface area contributed by atoms with E-state index < -0.39 is 6.10 Å². The Balaban J connectivity index is 1.20. The van der Waals surface area contributed by atoms with E-state index in [1.165, 1.54) is 21.8 Å². The van der Waals surface area contributed by atoms with E-state index in [4.69, 9.17) is 0 Å². The fourth-order valence-electron chi connectivity index (χ4n) is 4.25. The average molecular weight is 459 g/mol. The zero-order valence-corrected chi connectivity index (χ0v) is 18.9. The number of rotatable bonds is 6. The maximum Gasteiger partial charge on any atom is 0.271 e. The average Bonchev–Trinajstić information content (AvgIpc) is 3.28. The zero-order chi connectivity index (χ0) is 23.7. The summed E-state index contributed by atoms with van der Waals surface area (Å²) in [6.07, 6.45) is 6.97. The lowest BCUT2D eigenvalue weighted by molar-refractivity contribution is 0.0838. The molecule has 0 aliphatic carbocycles. The molecule has 9 nitrogen and oxygen atoms in total. The summed E-state index contributed by atoms with van der Waals surface area (Å²) in [5, 5.41) is 13.2. The number of aryl methyl sites for hydroxylation is 1. The van der Waals surface area contributed by atoms with Gasteiger partial charge in [0.15, 0.2) is 0 Å². The van der Waals surface area contributed by atoms with Gasteiger partial charge in [0.1, 0.15) is 5.69 Å². The van der Waals surface area contributed by atoms with Crippen LogP contribution in [0, 0.1) is 0 Å². The number of benzene rings is 1. The lowest BCUT2D eigenvalue weighted by Gasteiger charge is -2.30. The maximum atomic E-state index is 12.6. The van der Waals surface area contributed by atoms with Crippen LogP contribution in [0.1, 0.15) is 21.6 Å². The van der Waals surface area contributed by atoms with E-state index in [2.05, 4.69) is 38.4 Å². The smallest absolute Gasteiger partial charge is 0.271 e. The van der Waals surface area contributed by atoms with Crippen molar-refractivity contribution in [3.8, 4) is 11.1 Å². The molecule has 1 aromatic carbocycles. The number of hydrogen-bond acceptors (Lipinski definition) is 6.